The first-order valence-electron chi connectivity index (χ1n) is 7.23. The minimum Gasteiger partial charge on any atom is -0.508 e. The molecule has 2 rings (SSSR count). The van der Waals surface area contributed by atoms with Gasteiger partial charge in [-0.2, -0.15) is 0 Å². The summed E-state index contributed by atoms with van der Waals surface area (Å²) in [6.07, 6.45) is 6.41. The van der Waals surface area contributed by atoms with Crippen LogP contribution in [0.4, 0.5) is 10.1 Å². The number of rotatable bonds is 4. The van der Waals surface area contributed by atoms with Gasteiger partial charge in [-0.25, -0.2) is 9.37 Å². The van der Waals surface area contributed by atoms with Gasteiger partial charge in [0.1, 0.15) is 11.6 Å². The minimum atomic E-state index is -0.756. The summed E-state index contributed by atoms with van der Waals surface area (Å²) in [6.45, 7) is 3.49. The van der Waals surface area contributed by atoms with Crippen molar-refractivity contribution in [2.45, 2.75) is 13.8 Å². The average molecular weight is 327 g/mol. The van der Waals surface area contributed by atoms with E-state index < -0.39 is 11.7 Å². The Kier molecular flexibility index (Phi) is 4.99. The molecule has 2 aromatic rings. The Labute approximate surface area is 138 Å². The van der Waals surface area contributed by atoms with E-state index in [0.717, 1.165) is 5.57 Å². The number of nitrogen functional groups attached to an aromatic ring is 1. The van der Waals surface area contributed by atoms with Crippen molar-refractivity contribution in [3.05, 3.63) is 64.8 Å². The van der Waals surface area contributed by atoms with Gasteiger partial charge in [0, 0.05) is 10.9 Å². The topological polar surface area (TPSA) is 102 Å². The summed E-state index contributed by atoms with van der Waals surface area (Å²) in [6, 6.07) is 4.01. The van der Waals surface area contributed by atoms with Crippen LogP contribution in [-0.4, -0.2) is 16.0 Å². The highest BCUT2D eigenvalue weighted by Crippen LogP contribution is 2.28. The molecule has 0 aliphatic carbocycles. The molecular weight excluding hydrogens is 309 g/mol. The maximum Gasteiger partial charge on any atom is 0.269 e. The van der Waals surface area contributed by atoms with Crippen molar-refractivity contribution >= 4 is 28.6 Å². The largest absolute Gasteiger partial charge is 0.508 e. The molecule has 24 heavy (non-hydrogen) atoms. The summed E-state index contributed by atoms with van der Waals surface area (Å²) in [4.78, 5) is 15.7. The van der Waals surface area contributed by atoms with Crippen LogP contribution in [-0.2, 0) is 0 Å². The van der Waals surface area contributed by atoms with Gasteiger partial charge >= 0.3 is 0 Å². The molecule has 1 heterocycles. The molecule has 1 amide bonds. The number of hydrogen-bond donors (Lipinski definition) is 3. The van der Waals surface area contributed by atoms with Crippen LogP contribution in [0.2, 0.25) is 0 Å². The Morgan fingerprint density at radius 3 is 2.67 bits per heavy atom. The minimum absolute atomic E-state index is 0.0616. The normalized spacial score (nSPS) is 13.0. The second-order valence-corrected chi connectivity index (χ2v) is 5.25. The summed E-state index contributed by atoms with van der Waals surface area (Å²) >= 11 is 0. The third kappa shape index (κ3) is 3.60. The molecule has 6 heteroatoms. The standard InChI is InChI=1S/C18H18FN3O2/c1-3-12(23)6-4-10(2)8-14-13-9-11(19)5-7-15(13)22-17(16(14)20)18(21)24/h3-9,23H,20H2,1-2H3,(H2,21,24)/b6-4-,10-8+,12-3-. The molecule has 0 spiro atoms. The number of carbonyl (C=O) groups excluding carboxylic acids is 1. The van der Waals surface area contributed by atoms with Crippen LogP contribution in [0, 0.1) is 5.82 Å². The monoisotopic (exact) mass is 327 g/mol. The number of fused-ring (bicyclic) bond motifs is 1. The maximum atomic E-state index is 13.6. The van der Waals surface area contributed by atoms with Gasteiger partial charge in [0.05, 0.1) is 11.2 Å². The van der Waals surface area contributed by atoms with Gasteiger partial charge in [0.15, 0.2) is 5.69 Å². The van der Waals surface area contributed by atoms with Gasteiger partial charge in [0.2, 0.25) is 0 Å². The van der Waals surface area contributed by atoms with E-state index in [0.29, 0.717) is 16.5 Å². The first-order chi connectivity index (χ1) is 11.3. The number of anilines is 1. The lowest BCUT2D eigenvalue weighted by atomic mass is 10.0. The molecule has 5 nitrogen and oxygen atoms in total. The van der Waals surface area contributed by atoms with E-state index >= 15 is 0 Å². The molecule has 0 unspecified atom stereocenters. The van der Waals surface area contributed by atoms with Crippen molar-refractivity contribution in [2.75, 3.05) is 5.73 Å². The third-order valence-electron chi connectivity index (χ3n) is 3.44. The highest BCUT2D eigenvalue weighted by atomic mass is 19.1. The van der Waals surface area contributed by atoms with Crippen LogP contribution in [0.3, 0.4) is 0 Å². The highest BCUT2D eigenvalue weighted by Gasteiger charge is 2.15. The van der Waals surface area contributed by atoms with E-state index in [1.807, 2.05) is 0 Å². The number of aromatic nitrogens is 1. The van der Waals surface area contributed by atoms with Crippen molar-refractivity contribution in [1.29, 1.82) is 0 Å². The smallest absolute Gasteiger partial charge is 0.269 e. The zero-order valence-corrected chi connectivity index (χ0v) is 13.4. The first kappa shape index (κ1) is 17.2. The van der Waals surface area contributed by atoms with Crippen LogP contribution in [0.25, 0.3) is 17.0 Å². The van der Waals surface area contributed by atoms with Gasteiger partial charge in [-0.3, -0.25) is 4.79 Å². The van der Waals surface area contributed by atoms with Crippen molar-refractivity contribution in [3.8, 4) is 0 Å². The zero-order chi connectivity index (χ0) is 17.9. The summed E-state index contributed by atoms with van der Waals surface area (Å²) in [5, 5.41) is 9.93. The maximum absolute atomic E-state index is 13.6. The fourth-order valence-corrected chi connectivity index (χ4v) is 2.21. The summed E-state index contributed by atoms with van der Waals surface area (Å²) in [5.41, 5.74) is 13.0. The van der Waals surface area contributed by atoms with Crippen molar-refractivity contribution in [2.24, 2.45) is 5.73 Å². The van der Waals surface area contributed by atoms with E-state index in [9.17, 15) is 14.3 Å². The fraction of sp³-hybridized carbons (Fsp3) is 0.111. The lowest BCUT2D eigenvalue weighted by molar-refractivity contribution is 0.0997. The number of carbonyl (C=O) groups is 1. The molecule has 0 atom stereocenters. The quantitative estimate of drug-likeness (QED) is 0.591. The number of allylic oxidation sites excluding steroid dienone is 4. The number of nitrogens with two attached hydrogens (primary N) is 2. The van der Waals surface area contributed by atoms with E-state index in [1.165, 1.54) is 24.3 Å². The molecule has 5 N–H and O–H groups in total. The Morgan fingerprint density at radius 2 is 2.04 bits per heavy atom. The van der Waals surface area contributed by atoms with Crippen LogP contribution < -0.4 is 11.5 Å². The Morgan fingerprint density at radius 1 is 1.33 bits per heavy atom. The van der Waals surface area contributed by atoms with E-state index in [1.54, 1.807) is 32.1 Å². The molecule has 0 radical (unpaired) electrons. The van der Waals surface area contributed by atoms with E-state index in [2.05, 4.69) is 4.98 Å². The van der Waals surface area contributed by atoms with Crippen molar-refractivity contribution in [1.82, 2.24) is 4.98 Å². The highest BCUT2D eigenvalue weighted by molar-refractivity contribution is 6.04. The number of nitrogens with zero attached hydrogens (tertiary/aromatic N) is 1. The van der Waals surface area contributed by atoms with Gasteiger partial charge < -0.3 is 16.6 Å². The van der Waals surface area contributed by atoms with Gasteiger partial charge in [-0.05, 0) is 50.3 Å². The van der Waals surface area contributed by atoms with Gasteiger partial charge in [-0.15, -0.1) is 0 Å². The molecule has 0 aliphatic heterocycles. The van der Waals surface area contributed by atoms with E-state index in [4.69, 9.17) is 11.5 Å². The number of amides is 1. The fourth-order valence-electron chi connectivity index (χ4n) is 2.21. The SMILES string of the molecule is C/C=C(O)/C=C\C(C)=C\c1c(N)c(C(N)=O)nc2ccc(F)cc12. The van der Waals surface area contributed by atoms with Crippen LogP contribution >= 0.6 is 0 Å². The molecule has 124 valence electrons. The van der Waals surface area contributed by atoms with Gasteiger partial charge in [-0.1, -0.05) is 11.6 Å². The van der Waals surface area contributed by atoms with Crippen LogP contribution in [0.15, 0.2) is 47.8 Å². The summed E-state index contributed by atoms with van der Waals surface area (Å²) in [7, 11) is 0. The molecule has 0 saturated carbocycles. The predicted octanol–water partition coefficient (Wildman–Crippen LogP) is 3.48. The summed E-state index contributed by atoms with van der Waals surface area (Å²) in [5.74, 6) is -1.09. The Hall–Kier alpha value is -3.15. The molecular formula is C18H18FN3O2. The van der Waals surface area contributed by atoms with Crippen LogP contribution in [0.5, 0.6) is 0 Å². The number of pyridine rings is 1. The number of halogens is 1. The molecule has 0 fully saturated rings. The molecule has 0 aliphatic rings. The zero-order valence-electron chi connectivity index (χ0n) is 13.4. The first-order valence-corrected chi connectivity index (χ1v) is 7.23. The lowest BCUT2D eigenvalue weighted by Crippen LogP contribution is -2.16. The van der Waals surface area contributed by atoms with Crippen LogP contribution in [0.1, 0.15) is 29.9 Å². The number of benzene rings is 1. The Bertz CT molecular complexity index is 899. The van der Waals surface area contributed by atoms with Gasteiger partial charge in [0.25, 0.3) is 5.91 Å². The number of aliphatic hydroxyl groups excluding tert-OH is 1. The second kappa shape index (κ2) is 6.95. The lowest BCUT2D eigenvalue weighted by Gasteiger charge is -2.10. The number of hydrogen-bond acceptors (Lipinski definition) is 4. The van der Waals surface area contributed by atoms with Crippen molar-refractivity contribution < 1.29 is 14.3 Å². The molecule has 1 aromatic carbocycles. The number of primary amides is 1. The predicted molar refractivity (Wildman–Crippen MR) is 93.8 cm³/mol. The Balaban J connectivity index is 2.70. The second-order valence-electron chi connectivity index (χ2n) is 5.25. The third-order valence-corrected chi connectivity index (χ3v) is 3.44. The van der Waals surface area contributed by atoms with Crippen molar-refractivity contribution in [3.63, 3.8) is 0 Å². The average Bonchev–Trinajstić information content (AvgIpc) is 2.54. The molecule has 0 bridgehead atoms. The summed E-state index contributed by atoms with van der Waals surface area (Å²) < 4.78 is 13.6. The molecule has 0 saturated heterocycles. The molecule has 1 aromatic heterocycles. The van der Waals surface area contributed by atoms with E-state index in [-0.39, 0.29) is 17.1 Å². The number of aliphatic hydroxyl groups is 1.